The molecule has 1 amide bonds. The van der Waals surface area contributed by atoms with E-state index in [2.05, 4.69) is 5.32 Å². The number of nitrogens with zero attached hydrogens (tertiary/aromatic N) is 1. The van der Waals surface area contributed by atoms with E-state index in [1.807, 2.05) is 0 Å². The van der Waals surface area contributed by atoms with Crippen LogP contribution < -0.4 is 5.32 Å². The van der Waals surface area contributed by atoms with Crippen molar-refractivity contribution in [1.82, 2.24) is 9.62 Å². The molecule has 1 N–H and O–H groups in total. The zero-order valence-electron chi connectivity index (χ0n) is 13.6. The van der Waals surface area contributed by atoms with Gasteiger partial charge in [-0.1, -0.05) is 18.2 Å². The van der Waals surface area contributed by atoms with Gasteiger partial charge in [-0.05, 0) is 48.7 Å². The quantitative estimate of drug-likeness (QED) is 0.889. The molecule has 0 radical (unpaired) electrons. The van der Waals surface area contributed by atoms with E-state index in [-0.39, 0.29) is 22.8 Å². The molecule has 132 valence electrons. The molecule has 7 heteroatoms. The molecule has 1 fully saturated rings. The number of benzene rings is 2. The monoisotopic (exact) mass is 362 g/mol. The number of amides is 1. The fourth-order valence-electron chi connectivity index (χ4n) is 2.81. The largest absolute Gasteiger partial charge is 0.348 e. The van der Waals surface area contributed by atoms with Crippen LogP contribution in [0.5, 0.6) is 0 Å². The lowest BCUT2D eigenvalue weighted by Gasteiger charge is -2.16. The summed E-state index contributed by atoms with van der Waals surface area (Å²) in [7, 11) is -3.56. The van der Waals surface area contributed by atoms with Gasteiger partial charge in [0.2, 0.25) is 10.0 Å². The van der Waals surface area contributed by atoms with Crippen LogP contribution in [0.15, 0.2) is 53.4 Å². The number of halogens is 1. The Kier molecular flexibility index (Phi) is 5.15. The van der Waals surface area contributed by atoms with Crippen LogP contribution in [0, 0.1) is 5.82 Å². The molecule has 3 rings (SSSR count). The summed E-state index contributed by atoms with van der Waals surface area (Å²) in [5.41, 5.74) is 0.894. The normalized spacial score (nSPS) is 15.2. The van der Waals surface area contributed by atoms with Gasteiger partial charge in [0.1, 0.15) is 5.82 Å². The first-order valence-electron chi connectivity index (χ1n) is 8.10. The van der Waals surface area contributed by atoms with Gasteiger partial charge in [0.05, 0.1) is 4.90 Å². The molecular formula is C18H19FN2O3S. The van der Waals surface area contributed by atoms with E-state index >= 15 is 0 Å². The zero-order chi connectivity index (χ0) is 17.9. The van der Waals surface area contributed by atoms with Gasteiger partial charge in [0.15, 0.2) is 0 Å². The van der Waals surface area contributed by atoms with Crippen molar-refractivity contribution in [2.45, 2.75) is 24.3 Å². The van der Waals surface area contributed by atoms with E-state index in [0.29, 0.717) is 18.7 Å². The Morgan fingerprint density at radius 2 is 1.80 bits per heavy atom. The first-order valence-corrected chi connectivity index (χ1v) is 9.54. The Labute approximate surface area is 146 Å². The summed E-state index contributed by atoms with van der Waals surface area (Å²) in [6, 6.07) is 11.9. The molecule has 0 spiro atoms. The van der Waals surface area contributed by atoms with Crippen LogP contribution in [-0.2, 0) is 16.6 Å². The van der Waals surface area contributed by atoms with Gasteiger partial charge in [0.25, 0.3) is 5.91 Å². The summed E-state index contributed by atoms with van der Waals surface area (Å²) in [5.74, 6) is -0.770. The highest BCUT2D eigenvalue weighted by molar-refractivity contribution is 7.89. The zero-order valence-corrected chi connectivity index (χ0v) is 14.4. The molecule has 2 aromatic carbocycles. The second-order valence-corrected chi connectivity index (χ2v) is 7.89. The number of carbonyl (C=O) groups excluding carboxylic acids is 1. The molecule has 1 aliphatic heterocycles. The van der Waals surface area contributed by atoms with Crippen molar-refractivity contribution < 1.29 is 17.6 Å². The molecule has 0 aliphatic carbocycles. The lowest BCUT2D eigenvalue weighted by molar-refractivity contribution is 0.0950. The maximum Gasteiger partial charge on any atom is 0.251 e. The molecule has 1 aliphatic rings. The maximum atomic E-state index is 13.2. The highest BCUT2D eigenvalue weighted by atomic mass is 32.2. The van der Waals surface area contributed by atoms with Crippen molar-refractivity contribution in [2.75, 3.05) is 13.1 Å². The Bertz CT molecular complexity index is 877. The third-order valence-corrected chi connectivity index (χ3v) is 6.04. The molecule has 1 saturated heterocycles. The number of nitrogens with one attached hydrogen (secondary N) is 1. The van der Waals surface area contributed by atoms with E-state index in [1.165, 1.54) is 28.6 Å². The molecule has 0 saturated carbocycles. The van der Waals surface area contributed by atoms with Gasteiger partial charge >= 0.3 is 0 Å². The summed E-state index contributed by atoms with van der Waals surface area (Å²) in [4.78, 5) is 12.4. The van der Waals surface area contributed by atoms with Crippen molar-refractivity contribution >= 4 is 15.9 Å². The number of rotatable bonds is 5. The van der Waals surface area contributed by atoms with Crippen molar-refractivity contribution in [3.8, 4) is 0 Å². The standard InChI is InChI=1S/C18H19FN2O3S/c19-16-7-3-5-14(11-16)13-20-18(22)15-6-4-8-17(12-15)25(23,24)21-9-1-2-10-21/h3-8,11-12H,1-2,9-10,13H2,(H,20,22). The number of sulfonamides is 1. The summed E-state index contributed by atoms with van der Waals surface area (Å²) in [6.07, 6.45) is 1.71. The minimum absolute atomic E-state index is 0.118. The van der Waals surface area contributed by atoms with E-state index in [0.717, 1.165) is 12.8 Å². The average molecular weight is 362 g/mol. The molecule has 0 bridgehead atoms. The minimum Gasteiger partial charge on any atom is -0.348 e. The third-order valence-electron chi connectivity index (χ3n) is 4.14. The fourth-order valence-corrected chi connectivity index (χ4v) is 4.37. The molecule has 5 nitrogen and oxygen atoms in total. The van der Waals surface area contributed by atoms with Crippen LogP contribution in [-0.4, -0.2) is 31.7 Å². The van der Waals surface area contributed by atoms with Gasteiger partial charge in [-0.25, -0.2) is 12.8 Å². The Hall–Kier alpha value is -2.25. The van der Waals surface area contributed by atoms with Gasteiger partial charge < -0.3 is 5.32 Å². The van der Waals surface area contributed by atoms with Gasteiger partial charge in [-0.3, -0.25) is 4.79 Å². The van der Waals surface area contributed by atoms with Crippen molar-refractivity contribution in [3.63, 3.8) is 0 Å². The molecule has 0 aromatic heterocycles. The molecule has 2 aromatic rings. The molecule has 25 heavy (non-hydrogen) atoms. The number of hydrogen-bond acceptors (Lipinski definition) is 3. The Balaban J connectivity index is 1.73. The van der Waals surface area contributed by atoms with Crippen molar-refractivity contribution in [3.05, 3.63) is 65.5 Å². The van der Waals surface area contributed by atoms with Gasteiger partial charge in [-0.2, -0.15) is 4.31 Å². The smallest absolute Gasteiger partial charge is 0.251 e. The second-order valence-electron chi connectivity index (χ2n) is 5.95. The summed E-state index contributed by atoms with van der Waals surface area (Å²) in [5, 5.41) is 2.68. The highest BCUT2D eigenvalue weighted by Crippen LogP contribution is 2.21. The SMILES string of the molecule is O=C(NCc1cccc(F)c1)c1cccc(S(=O)(=O)N2CCCC2)c1. The fraction of sp³-hybridized carbons (Fsp3) is 0.278. The summed E-state index contributed by atoms with van der Waals surface area (Å²) < 4.78 is 39.8. The number of hydrogen-bond donors (Lipinski definition) is 1. The molecular weight excluding hydrogens is 343 g/mol. The van der Waals surface area contributed by atoms with Crippen molar-refractivity contribution in [1.29, 1.82) is 0 Å². The predicted octanol–water partition coefficient (Wildman–Crippen LogP) is 2.54. The molecule has 0 unspecified atom stereocenters. The second kappa shape index (κ2) is 7.33. The average Bonchev–Trinajstić information content (AvgIpc) is 3.15. The van der Waals surface area contributed by atoms with Gasteiger partial charge in [-0.15, -0.1) is 0 Å². The van der Waals surface area contributed by atoms with Crippen LogP contribution in [0.4, 0.5) is 4.39 Å². The van der Waals surface area contributed by atoms with E-state index in [4.69, 9.17) is 0 Å². The molecule has 0 atom stereocenters. The van der Waals surface area contributed by atoms with Crippen LogP contribution in [0.2, 0.25) is 0 Å². The van der Waals surface area contributed by atoms with Crippen LogP contribution >= 0.6 is 0 Å². The van der Waals surface area contributed by atoms with Gasteiger partial charge in [0, 0.05) is 25.2 Å². The first-order chi connectivity index (χ1) is 12.0. The van der Waals surface area contributed by atoms with Crippen LogP contribution in [0.1, 0.15) is 28.8 Å². The highest BCUT2D eigenvalue weighted by Gasteiger charge is 2.27. The minimum atomic E-state index is -3.56. The lowest BCUT2D eigenvalue weighted by Crippen LogP contribution is -2.28. The Morgan fingerprint density at radius 1 is 1.08 bits per heavy atom. The topological polar surface area (TPSA) is 66.5 Å². The first kappa shape index (κ1) is 17.6. The molecule has 1 heterocycles. The number of carbonyl (C=O) groups is 1. The van der Waals surface area contributed by atoms with Crippen LogP contribution in [0.3, 0.4) is 0 Å². The maximum absolute atomic E-state index is 13.2. The van der Waals surface area contributed by atoms with Crippen molar-refractivity contribution in [2.24, 2.45) is 0 Å². The summed E-state index contributed by atoms with van der Waals surface area (Å²) in [6.45, 7) is 1.19. The van der Waals surface area contributed by atoms with E-state index in [1.54, 1.807) is 24.3 Å². The predicted molar refractivity (Wildman–Crippen MR) is 92.0 cm³/mol. The Morgan fingerprint density at radius 3 is 2.52 bits per heavy atom. The third kappa shape index (κ3) is 4.05. The van der Waals surface area contributed by atoms with E-state index in [9.17, 15) is 17.6 Å². The van der Waals surface area contributed by atoms with Crippen LogP contribution in [0.25, 0.3) is 0 Å². The summed E-state index contributed by atoms with van der Waals surface area (Å²) >= 11 is 0. The van der Waals surface area contributed by atoms with E-state index < -0.39 is 15.9 Å². The lowest BCUT2D eigenvalue weighted by atomic mass is 10.2.